The summed E-state index contributed by atoms with van der Waals surface area (Å²) in [6.07, 6.45) is 3.00. The van der Waals surface area contributed by atoms with Crippen molar-refractivity contribution in [2.75, 3.05) is 11.9 Å². The molecule has 0 saturated heterocycles. The Labute approximate surface area is 87.4 Å². The van der Waals surface area contributed by atoms with Crippen molar-refractivity contribution in [3.05, 3.63) is 34.7 Å². The second kappa shape index (κ2) is 4.28. The molecule has 0 aliphatic carbocycles. The zero-order valence-corrected chi connectivity index (χ0v) is 8.92. The summed E-state index contributed by atoms with van der Waals surface area (Å²) >= 11 is 1.80. The van der Waals surface area contributed by atoms with Crippen molar-refractivity contribution in [1.29, 1.82) is 0 Å². The third-order valence-corrected chi connectivity index (χ3v) is 2.91. The lowest BCUT2D eigenvalue weighted by atomic mass is 10.3. The summed E-state index contributed by atoms with van der Waals surface area (Å²) in [4.78, 5) is 1.41. The fourth-order valence-corrected chi connectivity index (χ4v) is 1.99. The minimum Gasteiger partial charge on any atom is -0.368 e. The van der Waals surface area contributed by atoms with E-state index in [0.29, 0.717) is 0 Å². The number of nitrogens with one attached hydrogen (secondary N) is 1. The molecule has 0 bridgehead atoms. The number of hydrogen-bond acceptors (Lipinski definition) is 3. The number of nitrogens with zero attached hydrogens (tertiary/aromatic N) is 2. The quantitative estimate of drug-likeness (QED) is 0.832. The first-order chi connectivity index (χ1) is 6.84. The summed E-state index contributed by atoms with van der Waals surface area (Å²) in [6, 6.07) is 6.22. The molecule has 2 aromatic heterocycles. The average molecular weight is 207 g/mol. The molecule has 74 valence electrons. The lowest BCUT2D eigenvalue weighted by Gasteiger charge is -2.00. The molecule has 0 saturated carbocycles. The van der Waals surface area contributed by atoms with Crippen LogP contribution in [0.25, 0.3) is 0 Å². The molecule has 0 radical (unpaired) electrons. The van der Waals surface area contributed by atoms with E-state index in [9.17, 15) is 0 Å². The van der Waals surface area contributed by atoms with Crippen LogP contribution >= 0.6 is 11.3 Å². The predicted molar refractivity (Wildman–Crippen MR) is 59.7 cm³/mol. The van der Waals surface area contributed by atoms with Crippen LogP contribution in [-0.4, -0.2) is 16.3 Å². The smallest absolute Gasteiger partial charge is 0.147 e. The van der Waals surface area contributed by atoms with E-state index in [1.54, 1.807) is 16.0 Å². The summed E-state index contributed by atoms with van der Waals surface area (Å²) in [5, 5.41) is 9.62. The van der Waals surface area contributed by atoms with Crippen LogP contribution in [0.1, 0.15) is 4.88 Å². The van der Waals surface area contributed by atoms with Crippen LogP contribution in [-0.2, 0) is 13.5 Å². The fourth-order valence-electron chi connectivity index (χ4n) is 1.28. The van der Waals surface area contributed by atoms with Crippen LogP contribution in [0.4, 0.5) is 5.82 Å². The van der Waals surface area contributed by atoms with E-state index < -0.39 is 0 Å². The number of aromatic nitrogens is 2. The molecule has 1 N–H and O–H groups in total. The average Bonchev–Trinajstić information content (AvgIpc) is 2.77. The van der Waals surface area contributed by atoms with Gasteiger partial charge in [-0.3, -0.25) is 4.68 Å². The summed E-state index contributed by atoms with van der Waals surface area (Å²) in [7, 11) is 1.92. The third kappa shape index (κ3) is 2.35. The first kappa shape index (κ1) is 9.27. The normalized spacial score (nSPS) is 10.4. The third-order valence-electron chi connectivity index (χ3n) is 1.97. The van der Waals surface area contributed by atoms with E-state index >= 15 is 0 Å². The van der Waals surface area contributed by atoms with E-state index in [-0.39, 0.29) is 0 Å². The lowest BCUT2D eigenvalue weighted by molar-refractivity contribution is 0.768. The van der Waals surface area contributed by atoms with Crippen LogP contribution in [0.3, 0.4) is 0 Å². The van der Waals surface area contributed by atoms with Gasteiger partial charge in [-0.15, -0.1) is 11.3 Å². The van der Waals surface area contributed by atoms with Crippen molar-refractivity contribution in [2.45, 2.75) is 6.42 Å². The molecule has 2 rings (SSSR count). The zero-order valence-electron chi connectivity index (χ0n) is 8.10. The molecule has 2 aromatic rings. The lowest BCUT2D eigenvalue weighted by Crippen LogP contribution is -2.04. The van der Waals surface area contributed by atoms with Crippen molar-refractivity contribution in [2.24, 2.45) is 7.05 Å². The Morgan fingerprint density at radius 3 is 3.07 bits per heavy atom. The zero-order chi connectivity index (χ0) is 9.80. The maximum absolute atomic E-state index is 4.24. The van der Waals surface area contributed by atoms with Crippen molar-refractivity contribution >= 4 is 17.2 Å². The molecule has 4 heteroatoms. The van der Waals surface area contributed by atoms with E-state index in [1.165, 1.54) is 4.88 Å². The Hall–Kier alpha value is -1.29. The SMILES string of the molecule is Cn1ccc(NCCc2cccs2)n1. The van der Waals surface area contributed by atoms with Gasteiger partial charge in [-0.05, 0) is 17.9 Å². The molecule has 0 unspecified atom stereocenters. The van der Waals surface area contributed by atoms with Crippen molar-refractivity contribution in [3.8, 4) is 0 Å². The number of hydrogen-bond donors (Lipinski definition) is 1. The molecule has 0 atom stereocenters. The Bertz CT molecular complexity index is 378. The van der Waals surface area contributed by atoms with E-state index in [0.717, 1.165) is 18.8 Å². The van der Waals surface area contributed by atoms with Crippen molar-refractivity contribution < 1.29 is 0 Å². The largest absolute Gasteiger partial charge is 0.368 e. The van der Waals surface area contributed by atoms with Gasteiger partial charge in [0.15, 0.2) is 0 Å². The first-order valence-corrected chi connectivity index (χ1v) is 5.48. The maximum Gasteiger partial charge on any atom is 0.147 e. The molecule has 3 nitrogen and oxygen atoms in total. The van der Waals surface area contributed by atoms with Gasteiger partial charge in [-0.25, -0.2) is 0 Å². The topological polar surface area (TPSA) is 29.9 Å². The van der Waals surface area contributed by atoms with Gasteiger partial charge in [0, 0.05) is 30.7 Å². The van der Waals surface area contributed by atoms with Gasteiger partial charge in [0.25, 0.3) is 0 Å². The summed E-state index contributed by atoms with van der Waals surface area (Å²) in [6.45, 7) is 0.942. The molecular weight excluding hydrogens is 194 g/mol. The molecule has 0 fully saturated rings. The molecule has 0 aliphatic heterocycles. The van der Waals surface area contributed by atoms with Gasteiger partial charge in [0.1, 0.15) is 5.82 Å². The van der Waals surface area contributed by atoms with Gasteiger partial charge >= 0.3 is 0 Å². The predicted octanol–water partition coefficient (Wildman–Crippen LogP) is 2.14. The molecule has 14 heavy (non-hydrogen) atoms. The monoisotopic (exact) mass is 207 g/mol. The fraction of sp³-hybridized carbons (Fsp3) is 0.300. The van der Waals surface area contributed by atoms with Crippen LogP contribution in [0, 0.1) is 0 Å². The summed E-state index contributed by atoms with van der Waals surface area (Å²) in [5.41, 5.74) is 0. The van der Waals surface area contributed by atoms with E-state index in [1.807, 2.05) is 19.3 Å². The van der Waals surface area contributed by atoms with Crippen LogP contribution < -0.4 is 5.32 Å². The molecule has 0 spiro atoms. The highest BCUT2D eigenvalue weighted by molar-refractivity contribution is 7.09. The standard InChI is InChI=1S/C10H13N3S/c1-13-7-5-10(12-13)11-6-4-9-3-2-8-14-9/h2-3,5,7-8H,4,6H2,1H3,(H,11,12). The van der Waals surface area contributed by atoms with Gasteiger partial charge < -0.3 is 5.32 Å². The van der Waals surface area contributed by atoms with Gasteiger partial charge in [-0.1, -0.05) is 6.07 Å². The van der Waals surface area contributed by atoms with Crippen LogP contribution in [0.5, 0.6) is 0 Å². The second-order valence-corrected chi connectivity index (χ2v) is 4.16. The van der Waals surface area contributed by atoms with Crippen molar-refractivity contribution in [1.82, 2.24) is 9.78 Å². The van der Waals surface area contributed by atoms with Crippen molar-refractivity contribution in [3.63, 3.8) is 0 Å². The van der Waals surface area contributed by atoms with Gasteiger partial charge in [0.2, 0.25) is 0 Å². The highest BCUT2D eigenvalue weighted by atomic mass is 32.1. The molecular formula is C10H13N3S. The molecule has 0 amide bonds. The molecule has 0 aliphatic rings. The second-order valence-electron chi connectivity index (χ2n) is 3.13. The number of aryl methyl sites for hydroxylation is 1. The van der Waals surface area contributed by atoms with E-state index in [2.05, 4.69) is 27.9 Å². The molecule has 2 heterocycles. The Morgan fingerprint density at radius 1 is 1.50 bits per heavy atom. The highest BCUT2D eigenvalue weighted by Crippen LogP contribution is 2.09. The number of thiophene rings is 1. The minimum atomic E-state index is 0.942. The Kier molecular flexibility index (Phi) is 2.84. The Balaban J connectivity index is 1.78. The summed E-state index contributed by atoms with van der Waals surface area (Å²) in [5.74, 6) is 0.948. The maximum atomic E-state index is 4.24. The molecule has 0 aromatic carbocycles. The number of rotatable bonds is 4. The van der Waals surface area contributed by atoms with Gasteiger partial charge in [-0.2, -0.15) is 5.10 Å². The first-order valence-electron chi connectivity index (χ1n) is 4.60. The summed E-state index contributed by atoms with van der Waals surface area (Å²) < 4.78 is 1.80. The Morgan fingerprint density at radius 2 is 2.43 bits per heavy atom. The highest BCUT2D eigenvalue weighted by Gasteiger charge is 1.96. The van der Waals surface area contributed by atoms with E-state index in [4.69, 9.17) is 0 Å². The van der Waals surface area contributed by atoms with Crippen LogP contribution in [0.2, 0.25) is 0 Å². The number of anilines is 1. The van der Waals surface area contributed by atoms with Gasteiger partial charge in [0.05, 0.1) is 0 Å². The minimum absolute atomic E-state index is 0.942. The van der Waals surface area contributed by atoms with Crippen LogP contribution in [0.15, 0.2) is 29.8 Å².